The second-order valence-electron chi connectivity index (χ2n) is 5.46. The van der Waals surface area contributed by atoms with Gasteiger partial charge in [0.15, 0.2) is 0 Å². The first-order chi connectivity index (χ1) is 12.7. The molecule has 0 radical (unpaired) electrons. The molecule has 9 heteroatoms. The first-order valence-electron chi connectivity index (χ1n) is 7.87. The molecule has 0 unspecified atom stereocenters. The van der Waals surface area contributed by atoms with E-state index in [0.29, 0.717) is 32.9 Å². The third-order valence-corrected chi connectivity index (χ3v) is 4.69. The molecular weight excluding hydrogens is 401 g/mol. The van der Waals surface area contributed by atoms with E-state index in [0.717, 1.165) is 0 Å². The van der Waals surface area contributed by atoms with Crippen LogP contribution < -0.4 is 10.6 Å². The van der Waals surface area contributed by atoms with E-state index < -0.39 is 17.8 Å². The zero-order valence-electron chi connectivity index (χ0n) is 14.0. The van der Waals surface area contributed by atoms with Gasteiger partial charge in [-0.05, 0) is 36.4 Å². The lowest BCUT2D eigenvalue weighted by atomic mass is 10.2. The predicted molar refractivity (Wildman–Crippen MR) is 100 cm³/mol. The molecule has 27 heavy (non-hydrogen) atoms. The first kappa shape index (κ1) is 21.1. The summed E-state index contributed by atoms with van der Waals surface area (Å²) in [5, 5.41) is 5.68. The van der Waals surface area contributed by atoms with Crippen LogP contribution in [0.15, 0.2) is 53.4 Å². The third kappa shape index (κ3) is 7.52. The van der Waals surface area contributed by atoms with Crippen molar-refractivity contribution in [2.45, 2.75) is 17.5 Å². The summed E-state index contributed by atoms with van der Waals surface area (Å²) in [5.41, 5.74) is 0.717. The molecule has 0 aromatic heterocycles. The normalized spacial score (nSPS) is 11.1. The second-order valence-corrected chi connectivity index (χ2v) is 6.91. The van der Waals surface area contributed by atoms with Crippen LogP contribution in [0.1, 0.15) is 16.8 Å². The Hall–Kier alpha value is -2.19. The van der Waals surface area contributed by atoms with Gasteiger partial charge in [0, 0.05) is 28.4 Å². The number of carbonyl (C=O) groups excluding carboxylic acids is 2. The zero-order valence-corrected chi connectivity index (χ0v) is 15.5. The molecular formula is C18H16ClF3N2O2S. The lowest BCUT2D eigenvalue weighted by Gasteiger charge is -2.12. The molecule has 0 aliphatic heterocycles. The fourth-order valence-corrected chi connectivity index (χ4v) is 2.96. The molecule has 144 valence electrons. The van der Waals surface area contributed by atoms with E-state index in [1.54, 1.807) is 36.4 Å². The molecule has 2 N–H and O–H groups in total. The summed E-state index contributed by atoms with van der Waals surface area (Å²) in [4.78, 5) is 24.3. The lowest BCUT2D eigenvalue weighted by Crippen LogP contribution is -2.27. The Morgan fingerprint density at radius 3 is 2.37 bits per heavy atom. The Labute approximate surface area is 163 Å². The number of benzene rings is 2. The second kappa shape index (κ2) is 9.66. The van der Waals surface area contributed by atoms with E-state index in [9.17, 15) is 22.8 Å². The summed E-state index contributed by atoms with van der Waals surface area (Å²) in [6.07, 6.45) is -4.31. The van der Waals surface area contributed by atoms with Crippen molar-refractivity contribution < 1.29 is 22.8 Å². The van der Waals surface area contributed by atoms with E-state index in [-0.39, 0.29) is 18.9 Å². The van der Waals surface area contributed by atoms with Gasteiger partial charge in [-0.1, -0.05) is 23.7 Å². The van der Waals surface area contributed by atoms with Crippen LogP contribution in [-0.4, -0.2) is 30.3 Å². The number of hydrogen-bond donors (Lipinski definition) is 2. The Morgan fingerprint density at radius 2 is 1.70 bits per heavy atom. The Balaban J connectivity index is 1.83. The first-order valence-corrected chi connectivity index (χ1v) is 9.23. The summed E-state index contributed by atoms with van der Waals surface area (Å²) in [5.74, 6) is -1.80. The molecule has 0 saturated carbocycles. The van der Waals surface area contributed by atoms with Crippen molar-refractivity contribution in [1.82, 2.24) is 5.32 Å². The molecule has 0 atom stereocenters. The van der Waals surface area contributed by atoms with Crippen LogP contribution in [0.4, 0.5) is 18.9 Å². The lowest BCUT2D eigenvalue weighted by molar-refractivity contribution is -0.116. The van der Waals surface area contributed by atoms with Crippen molar-refractivity contribution in [2.24, 2.45) is 0 Å². The maximum Gasteiger partial charge on any atom is 0.398 e. The maximum absolute atomic E-state index is 12.4. The highest BCUT2D eigenvalue weighted by Crippen LogP contribution is 2.32. The van der Waals surface area contributed by atoms with Gasteiger partial charge >= 0.3 is 6.18 Å². The molecule has 0 spiro atoms. The van der Waals surface area contributed by atoms with Gasteiger partial charge in [0.25, 0.3) is 5.91 Å². The van der Waals surface area contributed by atoms with Gasteiger partial charge in [-0.3, -0.25) is 9.59 Å². The Bertz CT molecular complexity index is 798. The van der Waals surface area contributed by atoms with Gasteiger partial charge in [-0.15, -0.1) is 11.8 Å². The summed E-state index contributed by atoms with van der Waals surface area (Å²) < 4.78 is 37.2. The minimum absolute atomic E-state index is 0.0163. The zero-order chi connectivity index (χ0) is 19.9. The minimum Gasteiger partial charge on any atom is -0.352 e. The van der Waals surface area contributed by atoms with E-state index in [2.05, 4.69) is 10.6 Å². The van der Waals surface area contributed by atoms with Crippen molar-refractivity contribution in [1.29, 1.82) is 0 Å². The standard InChI is InChI=1S/C18H16ClF3N2O2S/c19-13-7-5-12(6-8-13)17(26)23-10-9-16(25)24-14-3-1-2-4-15(14)27-11-18(20,21)22/h1-8H,9-11H2,(H,23,26)(H,24,25). The number of halogens is 4. The third-order valence-electron chi connectivity index (χ3n) is 3.30. The van der Waals surface area contributed by atoms with Crippen molar-refractivity contribution >= 4 is 40.9 Å². The molecule has 0 aliphatic carbocycles. The van der Waals surface area contributed by atoms with E-state index in [4.69, 9.17) is 11.6 Å². The quantitative estimate of drug-likeness (QED) is 0.640. The minimum atomic E-state index is -4.30. The molecule has 2 aromatic rings. The largest absolute Gasteiger partial charge is 0.398 e. The molecule has 0 aliphatic rings. The summed E-state index contributed by atoms with van der Waals surface area (Å²) in [7, 11) is 0. The summed E-state index contributed by atoms with van der Waals surface area (Å²) in [6.45, 7) is 0.0884. The van der Waals surface area contributed by atoms with Gasteiger partial charge in [0.05, 0.1) is 11.4 Å². The molecule has 0 bridgehead atoms. The highest BCUT2D eigenvalue weighted by atomic mass is 35.5. The van der Waals surface area contributed by atoms with Crippen molar-refractivity contribution in [2.75, 3.05) is 17.6 Å². The topological polar surface area (TPSA) is 58.2 Å². The number of nitrogens with one attached hydrogen (secondary N) is 2. The number of thioether (sulfide) groups is 1. The number of amides is 2. The van der Waals surface area contributed by atoms with Crippen molar-refractivity contribution in [3.05, 3.63) is 59.1 Å². The van der Waals surface area contributed by atoms with Crippen molar-refractivity contribution in [3.63, 3.8) is 0 Å². The number of carbonyl (C=O) groups is 2. The Kier molecular flexibility index (Phi) is 7.55. The molecule has 2 rings (SSSR count). The van der Waals surface area contributed by atoms with Gasteiger partial charge in [0.1, 0.15) is 0 Å². The fourth-order valence-electron chi connectivity index (χ4n) is 2.06. The maximum atomic E-state index is 12.4. The fraction of sp³-hybridized carbons (Fsp3) is 0.222. The highest BCUT2D eigenvalue weighted by Gasteiger charge is 2.27. The van der Waals surface area contributed by atoms with Crippen LogP contribution in [0.5, 0.6) is 0 Å². The van der Waals surface area contributed by atoms with Crippen LogP contribution >= 0.6 is 23.4 Å². The monoisotopic (exact) mass is 416 g/mol. The van der Waals surface area contributed by atoms with E-state index in [1.165, 1.54) is 12.1 Å². The van der Waals surface area contributed by atoms with Gasteiger partial charge in [-0.25, -0.2) is 0 Å². The van der Waals surface area contributed by atoms with Gasteiger partial charge in [0.2, 0.25) is 5.91 Å². The molecule has 0 fully saturated rings. The number of rotatable bonds is 7. The van der Waals surface area contributed by atoms with Crippen LogP contribution in [-0.2, 0) is 4.79 Å². The van der Waals surface area contributed by atoms with E-state index >= 15 is 0 Å². The van der Waals surface area contributed by atoms with Gasteiger partial charge < -0.3 is 10.6 Å². The molecule has 2 amide bonds. The van der Waals surface area contributed by atoms with Crippen LogP contribution in [0.25, 0.3) is 0 Å². The van der Waals surface area contributed by atoms with Crippen molar-refractivity contribution in [3.8, 4) is 0 Å². The highest BCUT2D eigenvalue weighted by molar-refractivity contribution is 7.99. The summed E-state index contributed by atoms with van der Waals surface area (Å²) >= 11 is 6.35. The number of para-hydroxylation sites is 1. The average molecular weight is 417 g/mol. The number of alkyl halides is 3. The number of hydrogen-bond acceptors (Lipinski definition) is 3. The van der Waals surface area contributed by atoms with Crippen LogP contribution in [0, 0.1) is 0 Å². The average Bonchev–Trinajstić information content (AvgIpc) is 2.60. The predicted octanol–water partition coefficient (Wildman–Crippen LogP) is 4.75. The molecule has 0 saturated heterocycles. The molecule has 0 heterocycles. The van der Waals surface area contributed by atoms with E-state index in [1.807, 2.05) is 0 Å². The molecule has 2 aromatic carbocycles. The number of anilines is 1. The molecule has 4 nitrogen and oxygen atoms in total. The Morgan fingerprint density at radius 1 is 1.04 bits per heavy atom. The van der Waals surface area contributed by atoms with Crippen LogP contribution in [0.3, 0.4) is 0 Å². The van der Waals surface area contributed by atoms with Crippen LogP contribution in [0.2, 0.25) is 5.02 Å². The SMILES string of the molecule is O=C(CCNC(=O)c1ccc(Cl)cc1)Nc1ccccc1SCC(F)(F)F. The van der Waals surface area contributed by atoms with Gasteiger partial charge in [-0.2, -0.15) is 13.2 Å². The smallest absolute Gasteiger partial charge is 0.352 e. The summed E-state index contributed by atoms with van der Waals surface area (Å²) in [6, 6.07) is 12.5.